The fourth-order valence-corrected chi connectivity index (χ4v) is 6.36. The molecule has 1 unspecified atom stereocenters. The Kier molecular flexibility index (Phi) is 7.02. The zero-order valence-corrected chi connectivity index (χ0v) is 23.6. The number of aromatic nitrogens is 2. The second-order valence-electron chi connectivity index (χ2n) is 11.2. The molecule has 4 heterocycles. The van der Waals surface area contributed by atoms with Gasteiger partial charge in [0.15, 0.2) is 0 Å². The largest absolute Gasteiger partial charge is 0.508 e. The van der Waals surface area contributed by atoms with Crippen LogP contribution in [0.4, 0.5) is 4.79 Å². The summed E-state index contributed by atoms with van der Waals surface area (Å²) in [7, 11) is 0. The lowest BCUT2D eigenvalue weighted by molar-refractivity contribution is -0.122. The van der Waals surface area contributed by atoms with Gasteiger partial charge in [-0.3, -0.25) is 14.9 Å². The van der Waals surface area contributed by atoms with Gasteiger partial charge >= 0.3 is 6.16 Å². The summed E-state index contributed by atoms with van der Waals surface area (Å²) < 4.78 is 15.3. The molecule has 0 saturated carbocycles. The molecule has 8 heteroatoms. The number of carbonyl (C=O) groups is 3. The fourth-order valence-electron chi connectivity index (χ4n) is 6.36. The number of ether oxygens (including phenoxy) is 2. The lowest BCUT2D eigenvalue weighted by Crippen LogP contribution is -2.22. The zero-order valence-electron chi connectivity index (χ0n) is 23.6. The molecule has 0 saturated heterocycles. The molecule has 4 bridgehead atoms. The molecule has 1 atom stereocenters. The van der Waals surface area contributed by atoms with Gasteiger partial charge in [-0.2, -0.15) is 0 Å². The summed E-state index contributed by atoms with van der Waals surface area (Å²) in [4.78, 5) is 39.1. The number of hydrogen-bond acceptors (Lipinski definition) is 5. The Hall–Kier alpha value is -5.11. The van der Waals surface area contributed by atoms with E-state index in [1.165, 1.54) is 0 Å². The summed E-state index contributed by atoms with van der Waals surface area (Å²) in [6.45, 7) is 1.81. The Labute approximate surface area is 248 Å². The van der Waals surface area contributed by atoms with Crippen LogP contribution < -0.4 is 5.32 Å². The number of carbonyl (C=O) groups excluding carboxylic acids is 3. The predicted molar refractivity (Wildman–Crippen MR) is 164 cm³/mol. The molecule has 2 aliphatic heterocycles. The van der Waals surface area contributed by atoms with Crippen molar-refractivity contribution in [2.45, 2.75) is 39.0 Å². The van der Waals surface area contributed by atoms with Crippen LogP contribution in [-0.4, -0.2) is 33.7 Å². The molecule has 0 spiro atoms. The molecular weight excluding hydrogens is 542 g/mol. The number of hydrogen-bond donors (Lipinski definition) is 1. The van der Waals surface area contributed by atoms with Crippen LogP contribution in [0, 0.1) is 5.92 Å². The number of nitrogens with one attached hydrogen (secondary N) is 1. The lowest BCUT2D eigenvalue weighted by Gasteiger charge is -2.18. The normalized spacial score (nSPS) is 17.1. The molecule has 0 aliphatic carbocycles. The molecule has 2 aromatic heterocycles. The van der Waals surface area contributed by atoms with E-state index in [0.29, 0.717) is 17.7 Å². The topological polar surface area (TPSA) is 91.6 Å². The van der Waals surface area contributed by atoms with Gasteiger partial charge in [0.1, 0.15) is 6.61 Å². The van der Waals surface area contributed by atoms with E-state index >= 15 is 0 Å². The Bertz CT molecular complexity index is 1900. The summed E-state index contributed by atoms with van der Waals surface area (Å²) >= 11 is 0. The van der Waals surface area contributed by atoms with Crippen molar-refractivity contribution in [3.63, 3.8) is 0 Å². The number of para-hydroxylation sites is 2. The minimum atomic E-state index is -0.672. The molecule has 1 N–H and O–H groups in total. The van der Waals surface area contributed by atoms with Gasteiger partial charge in [-0.25, -0.2) is 4.79 Å². The molecule has 2 aliphatic rings. The standard InChI is InChI=1S/C35H31N3O5/c39-33-31-27-19-37(29-14-6-4-12-25(27)29)17-8-11-24(22-43-35(41)42-21-23-9-2-1-3-10-23)16-18-38-20-28(32(31)34(40)36-33)26-13-5-7-15-30(26)38/h1-7,9-10,12-15,19-20,24H,8,11,16-18,21-22H2,(H,36,39,40). The first-order valence-corrected chi connectivity index (χ1v) is 14.7. The monoisotopic (exact) mass is 573 g/mol. The van der Waals surface area contributed by atoms with Crippen LogP contribution >= 0.6 is 0 Å². The van der Waals surface area contributed by atoms with Gasteiger partial charge in [0, 0.05) is 58.4 Å². The molecule has 5 aromatic rings. The molecule has 0 radical (unpaired) electrons. The number of fused-ring (bicyclic) bond motifs is 12. The van der Waals surface area contributed by atoms with Crippen LogP contribution in [0.5, 0.6) is 0 Å². The highest BCUT2D eigenvalue weighted by Gasteiger charge is 2.35. The molecule has 7 rings (SSSR count). The van der Waals surface area contributed by atoms with Gasteiger partial charge in [0.25, 0.3) is 11.8 Å². The molecule has 3 aromatic carbocycles. The van der Waals surface area contributed by atoms with E-state index in [1.807, 2.05) is 91.3 Å². The molecule has 216 valence electrons. The minimum absolute atomic E-state index is 0.101. The third-order valence-electron chi connectivity index (χ3n) is 8.47. The van der Waals surface area contributed by atoms with E-state index < -0.39 is 6.16 Å². The average Bonchev–Trinajstić information content (AvgIpc) is 3.67. The number of imide groups is 1. The SMILES string of the molecule is O=C(OCc1ccccc1)OCC1CCCn2cc(c3ccccc32)C2=C(C(=O)NC2=O)c2cn(c3ccccc23)CC1. The predicted octanol–water partition coefficient (Wildman–Crippen LogP) is 6.32. The Morgan fingerprint density at radius 3 is 1.95 bits per heavy atom. The highest BCUT2D eigenvalue weighted by Crippen LogP contribution is 2.39. The number of rotatable bonds is 4. The van der Waals surface area contributed by atoms with Gasteiger partial charge in [-0.05, 0) is 42.9 Å². The third kappa shape index (κ3) is 5.09. The lowest BCUT2D eigenvalue weighted by atomic mass is 9.95. The van der Waals surface area contributed by atoms with Crippen molar-refractivity contribution in [2.24, 2.45) is 5.92 Å². The van der Waals surface area contributed by atoms with Crippen molar-refractivity contribution in [2.75, 3.05) is 6.61 Å². The Morgan fingerprint density at radius 2 is 1.30 bits per heavy atom. The van der Waals surface area contributed by atoms with E-state index in [2.05, 4.69) is 14.5 Å². The number of nitrogens with zero attached hydrogens (tertiary/aromatic N) is 2. The van der Waals surface area contributed by atoms with Crippen molar-refractivity contribution in [3.8, 4) is 0 Å². The maximum Gasteiger partial charge on any atom is 0.508 e. The van der Waals surface area contributed by atoms with Crippen LogP contribution in [0.25, 0.3) is 33.0 Å². The summed E-state index contributed by atoms with van der Waals surface area (Å²) in [5.74, 6) is -0.653. The van der Waals surface area contributed by atoms with Crippen molar-refractivity contribution >= 4 is 50.9 Å². The van der Waals surface area contributed by atoms with Crippen LogP contribution in [0.3, 0.4) is 0 Å². The number of amides is 2. The number of aryl methyl sites for hydroxylation is 2. The van der Waals surface area contributed by atoms with Crippen molar-refractivity contribution in [1.82, 2.24) is 14.5 Å². The summed E-state index contributed by atoms with van der Waals surface area (Å²) in [6, 6.07) is 25.5. The van der Waals surface area contributed by atoms with E-state index in [-0.39, 0.29) is 30.9 Å². The highest BCUT2D eigenvalue weighted by atomic mass is 16.7. The first-order valence-electron chi connectivity index (χ1n) is 14.7. The highest BCUT2D eigenvalue weighted by molar-refractivity contribution is 6.50. The zero-order chi connectivity index (χ0) is 29.3. The molecule has 8 nitrogen and oxygen atoms in total. The van der Waals surface area contributed by atoms with Gasteiger partial charge in [0.05, 0.1) is 17.8 Å². The molecule has 0 fully saturated rings. The number of benzene rings is 3. The fraction of sp³-hybridized carbons (Fsp3) is 0.229. The van der Waals surface area contributed by atoms with E-state index in [9.17, 15) is 14.4 Å². The minimum Gasteiger partial charge on any atom is -0.434 e. The summed E-state index contributed by atoms with van der Waals surface area (Å²) in [5, 5.41) is 4.41. The third-order valence-corrected chi connectivity index (χ3v) is 8.47. The second-order valence-corrected chi connectivity index (χ2v) is 11.2. The molecule has 2 amide bonds. The molecule has 43 heavy (non-hydrogen) atoms. The van der Waals surface area contributed by atoms with Gasteiger partial charge in [-0.15, -0.1) is 0 Å². The second kappa shape index (κ2) is 11.3. The first-order chi connectivity index (χ1) is 21.1. The van der Waals surface area contributed by atoms with Gasteiger partial charge < -0.3 is 18.6 Å². The van der Waals surface area contributed by atoms with Gasteiger partial charge in [-0.1, -0.05) is 66.7 Å². The quantitative estimate of drug-likeness (QED) is 0.201. The molecular formula is C35H31N3O5. The van der Waals surface area contributed by atoms with E-state index in [1.54, 1.807) is 0 Å². The van der Waals surface area contributed by atoms with Crippen LogP contribution in [0.2, 0.25) is 0 Å². The van der Waals surface area contributed by atoms with Crippen LogP contribution in [0.15, 0.2) is 91.3 Å². The smallest absolute Gasteiger partial charge is 0.434 e. The van der Waals surface area contributed by atoms with Crippen molar-refractivity contribution in [3.05, 3.63) is 108 Å². The Morgan fingerprint density at radius 1 is 0.721 bits per heavy atom. The maximum absolute atomic E-state index is 13.3. The summed E-state index contributed by atoms with van der Waals surface area (Å²) in [5.41, 5.74) is 5.20. The Balaban J connectivity index is 1.24. The van der Waals surface area contributed by atoms with Gasteiger partial charge in [0.2, 0.25) is 0 Å². The first kappa shape index (κ1) is 26.8. The van der Waals surface area contributed by atoms with Crippen LogP contribution in [-0.2, 0) is 38.8 Å². The van der Waals surface area contributed by atoms with Crippen LogP contribution in [0.1, 0.15) is 36.0 Å². The van der Waals surface area contributed by atoms with E-state index in [0.717, 1.165) is 64.3 Å². The van der Waals surface area contributed by atoms with Crippen molar-refractivity contribution < 1.29 is 23.9 Å². The van der Waals surface area contributed by atoms with Crippen molar-refractivity contribution in [1.29, 1.82) is 0 Å². The maximum atomic E-state index is 13.3. The van der Waals surface area contributed by atoms with E-state index in [4.69, 9.17) is 9.47 Å². The average molecular weight is 574 g/mol. The summed E-state index contributed by atoms with van der Waals surface area (Å²) in [6.07, 6.45) is 5.75.